The molecule has 12 heteroatoms. The van der Waals surface area contributed by atoms with Gasteiger partial charge in [0.15, 0.2) is 5.76 Å². The number of piperidine rings is 1. The first-order chi connectivity index (χ1) is 20.8. The number of urea groups is 1. The van der Waals surface area contributed by atoms with Crippen LogP contribution in [0.15, 0.2) is 47.4 Å². The summed E-state index contributed by atoms with van der Waals surface area (Å²) in [6.07, 6.45) is 8.78. The summed E-state index contributed by atoms with van der Waals surface area (Å²) >= 11 is 0. The molecule has 6 rings (SSSR count). The molecular formula is C31H35N9O3. The molecule has 4 aromatic rings. The van der Waals surface area contributed by atoms with Crippen LogP contribution in [0.25, 0.3) is 0 Å². The number of hydrogen-bond acceptors (Lipinski definition) is 9. The Labute approximate surface area is 249 Å². The largest absolute Gasteiger partial charge is 0.359 e. The van der Waals surface area contributed by atoms with Gasteiger partial charge in [-0.15, -0.1) is 0 Å². The summed E-state index contributed by atoms with van der Waals surface area (Å²) in [6.45, 7) is 6.70. The molecule has 1 saturated heterocycles. The van der Waals surface area contributed by atoms with E-state index in [9.17, 15) is 9.59 Å². The van der Waals surface area contributed by atoms with E-state index in [4.69, 9.17) is 4.52 Å². The first-order valence-electron chi connectivity index (χ1n) is 14.5. The normalized spacial score (nSPS) is 14.8. The molecule has 0 radical (unpaired) electrons. The monoisotopic (exact) mass is 581 g/mol. The molecule has 0 saturated carbocycles. The smallest absolute Gasteiger partial charge is 0.321 e. The van der Waals surface area contributed by atoms with Crippen molar-refractivity contribution in [1.29, 1.82) is 0 Å². The average molecular weight is 582 g/mol. The molecule has 2 aliphatic heterocycles. The zero-order chi connectivity index (χ0) is 29.9. The minimum atomic E-state index is -0.170. The van der Waals surface area contributed by atoms with Crippen molar-refractivity contribution in [1.82, 2.24) is 25.0 Å². The van der Waals surface area contributed by atoms with E-state index in [-0.39, 0.29) is 17.9 Å². The van der Waals surface area contributed by atoms with Crippen LogP contribution in [0, 0.1) is 26.7 Å². The van der Waals surface area contributed by atoms with Crippen LogP contribution in [0.1, 0.15) is 47.4 Å². The van der Waals surface area contributed by atoms with Gasteiger partial charge in [0, 0.05) is 48.8 Å². The van der Waals surface area contributed by atoms with Crippen molar-refractivity contribution in [3.63, 3.8) is 0 Å². The Balaban J connectivity index is 1.11. The minimum Gasteiger partial charge on any atom is -0.359 e. The summed E-state index contributed by atoms with van der Waals surface area (Å²) in [4.78, 5) is 41.2. The molecule has 2 aliphatic rings. The number of nitrogens with zero attached hydrogens (tertiary/aromatic N) is 5. The van der Waals surface area contributed by atoms with Crippen molar-refractivity contribution < 1.29 is 14.1 Å². The van der Waals surface area contributed by atoms with Gasteiger partial charge in [0.25, 0.3) is 0 Å². The highest BCUT2D eigenvalue weighted by atomic mass is 16.5. The number of aryl methyl sites for hydroxylation is 5. The molecule has 0 unspecified atom stereocenters. The van der Waals surface area contributed by atoms with Crippen molar-refractivity contribution in [2.45, 2.75) is 52.9 Å². The Morgan fingerprint density at radius 1 is 1.00 bits per heavy atom. The fourth-order valence-electron chi connectivity index (χ4n) is 5.52. The van der Waals surface area contributed by atoms with E-state index < -0.39 is 0 Å². The number of hydrogen-bond donors (Lipinski definition) is 4. The van der Waals surface area contributed by atoms with Gasteiger partial charge < -0.3 is 30.7 Å². The van der Waals surface area contributed by atoms with Gasteiger partial charge in [0.1, 0.15) is 17.2 Å². The van der Waals surface area contributed by atoms with Crippen molar-refractivity contribution in [3.05, 3.63) is 71.0 Å². The number of carbonyl (C=O) groups is 2. The van der Waals surface area contributed by atoms with E-state index in [0.29, 0.717) is 48.4 Å². The molecule has 3 aromatic heterocycles. The SMILES string of the molecule is Cc1cnc2nc1Nc1ccc(NC(=O)CC3CCN(C(=O)Nc4c(C)noc4C)CC3)c(c1)CCc1cncc(c1)N2. The third-order valence-corrected chi connectivity index (χ3v) is 7.99. The number of amides is 3. The summed E-state index contributed by atoms with van der Waals surface area (Å²) in [7, 11) is 0. The van der Waals surface area contributed by atoms with E-state index >= 15 is 0 Å². The van der Waals surface area contributed by atoms with Crippen LogP contribution in [0.3, 0.4) is 0 Å². The lowest BCUT2D eigenvalue weighted by Crippen LogP contribution is -2.41. The summed E-state index contributed by atoms with van der Waals surface area (Å²) in [5, 5.41) is 16.6. The van der Waals surface area contributed by atoms with Gasteiger partial charge in [0.05, 0.1) is 11.9 Å². The van der Waals surface area contributed by atoms with Crippen LogP contribution in [-0.4, -0.2) is 50.0 Å². The van der Waals surface area contributed by atoms with Crippen LogP contribution < -0.4 is 21.3 Å². The maximum atomic E-state index is 13.2. The second-order valence-electron chi connectivity index (χ2n) is 11.2. The van der Waals surface area contributed by atoms with Crippen molar-refractivity contribution in [2.24, 2.45) is 5.92 Å². The lowest BCUT2D eigenvalue weighted by Gasteiger charge is -2.31. The second kappa shape index (κ2) is 12.1. The molecule has 4 N–H and O–H groups in total. The zero-order valence-electron chi connectivity index (χ0n) is 24.5. The maximum absolute atomic E-state index is 13.2. The summed E-state index contributed by atoms with van der Waals surface area (Å²) in [5.41, 5.74) is 6.77. The van der Waals surface area contributed by atoms with Crippen LogP contribution in [0.4, 0.5) is 39.3 Å². The molecule has 0 spiro atoms. The lowest BCUT2D eigenvalue weighted by molar-refractivity contribution is -0.117. The van der Waals surface area contributed by atoms with Crippen molar-refractivity contribution >= 4 is 46.5 Å². The Bertz CT molecular complexity index is 1640. The Morgan fingerprint density at radius 3 is 2.63 bits per heavy atom. The molecule has 12 nitrogen and oxygen atoms in total. The van der Waals surface area contributed by atoms with Crippen LogP contribution in [-0.2, 0) is 17.6 Å². The van der Waals surface area contributed by atoms with E-state index in [2.05, 4.69) is 47.4 Å². The van der Waals surface area contributed by atoms with Gasteiger partial charge in [0.2, 0.25) is 11.9 Å². The minimum absolute atomic E-state index is 0.0253. The fourth-order valence-corrected chi connectivity index (χ4v) is 5.52. The quantitative estimate of drug-likeness (QED) is 0.240. The number of pyridine rings is 1. The standard InChI is InChI=1S/C31H35N9O3/c1-18-15-33-30-35-25-12-22(16-32-17-25)4-5-23-14-24(34-29(18)38-30)6-7-26(23)36-27(41)13-21-8-10-40(11-9-21)31(42)37-28-19(2)39-43-20(28)3/h6-7,12,14-17,21H,4-5,8-11,13H2,1-3H3,(H,36,41)(H,37,42)(H2,33,34,35,38). The topological polar surface area (TPSA) is 150 Å². The molecular weight excluding hydrogens is 546 g/mol. The summed E-state index contributed by atoms with van der Waals surface area (Å²) in [6, 6.07) is 7.84. The molecule has 43 heavy (non-hydrogen) atoms. The van der Waals surface area contributed by atoms with E-state index in [1.807, 2.05) is 31.3 Å². The first-order valence-corrected chi connectivity index (χ1v) is 14.5. The zero-order valence-corrected chi connectivity index (χ0v) is 24.5. The van der Waals surface area contributed by atoms with Crippen LogP contribution in [0.5, 0.6) is 0 Å². The number of anilines is 6. The summed E-state index contributed by atoms with van der Waals surface area (Å²) < 4.78 is 5.14. The molecule has 0 aliphatic carbocycles. The number of nitrogens with one attached hydrogen (secondary N) is 4. The first kappa shape index (κ1) is 28.1. The Kier molecular flexibility index (Phi) is 7.91. The summed E-state index contributed by atoms with van der Waals surface area (Å²) in [5.74, 6) is 1.95. The highest BCUT2D eigenvalue weighted by Crippen LogP contribution is 2.29. The maximum Gasteiger partial charge on any atom is 0.321 e. The van der Waals surface area contributed by atoms with Crippen molar-refractivity contribution in [3.8, 4) is 0 Å². The van der Waals surface area contributed by atoms with Gasteiger partial charge in [-0.3, -0.25) is 9.78 Å². The van der Waals surface area contributed by atoms with Gasteiger partial charge in [-0.2, -0.15) is 4.98 Å². The number of fused-ring (bicyclic) bond motifs is 6. The number of carbonyl (C=O) groups excluding carboxylic acids is 2. The number of likely N-dealkylation sites (tertiary alicyclic amines) is 1. The van der Waals surface area contributed by atoms with Crippen LogP contribution in [0.2, 0.25) is 0 Å². The molecule has 3 amide bonds. The highest BCUT2D eigenvalue weighted by Gasteiger charge is 2.26. The predicted octanol–water partition coefficient (Wildman–Crippen LogP) is 5.64. The van der Waals surface area contributed by atoms with Gasteiger partial charge in [-0.1, -0.05) is 5.16 Å². The molecule has 6 bridgehead atoms. The molecule has 1 fully saturated rings. The third kappa shape index (κ3) is 6.58. The third-order valence-electron chi connectivity index (χ3n) is 7.99. The number of rotatable bonds is 4. The molecule has 5 heterocycles. The highest BCUT2D eigenvalue weighted by molar-refractivity contribution is 5.92. The van der Waals surface area contributed by atoms with E-state index in [1.165, 1.54) is 0 Å². The molecule has 0 atom stereocenters. The molecule has 222 valence electrons. The predicted molar refractivity (Wildman–Crippen MR) is 164 cm³/mol. The fraction of sp³-hybridized carbons (Fsp3) is 0.355. The average Bonchev–Trinajstić information content (AvgIpc) is 3.31. The lowest BCUT2D eigenvalue weighted by atomic mass is 9.93. The Hall–Kier alpha value is -5.00. The molecule has 1 aromatic carbocycles. The number of aromatic nitrogens is 4. The number of benzene rings is 1. The Morgan fingerprint density at radius 2 is 1.84 bits per heavy atom. The van der Waals surface area contributed by atoms with Gasteiger partial charge in [-0.25, -0.2) is 9.78 Å². The van der Waals surface area contributed by atoms with Gasteiger partial charge >= 0.3 is 6.03 Å². The van der Waals surface area contributed by atoms with E-state index in [0.717, 1.165) is 59.4 Å². The van der Waals surface area contributed by atoms with Crippen molar-refractivity contribution in [2.75, 3.05) is 34.4 Å². The second-order valence-corrected chi connectivity index (χ2v) is 11.2. The van der Waals surface area contributed by atoms with Crippen LogP contribution >= 0.6 is 0 Å². The van der Waals surface area contributed by atoms with E-state index in [1.54, 1.807) is 31.1 Å². The van der Waals surface area contributed by atoms with Gasteiger partial charge in [-0.05, 0) is 87.8 Å².